The number of aryl methyl sites for hydroxylation is 1. The summed E-state index contributed by atoms with van der Waals surface area (Å²) in [5, 5.41) is 8.36. The van der Waals surface area contributed by atoms with Gasteiger partial charge in [-0.3, -0.25) is 43.8 Å². The van der Waals surface area contributed by atoms with Gasteiger partial charge in [0.2, 0.25) is 29.2 Å². The highest BCUT2D eigenvalue weighted by Crippen LogP contribution is 2.46. The number of allylic oxidation sites excluding steroid dienone is 3. The number of imide groups is 3. The van der Waals surface area contributed by atoms with Crippen LogP contribution in [0.5, 0.6) is 0 Å². The summed E-state index contributed by atoms with van der Waals surface area (Å²) in [5.41, 5.74) is 1.19. The number of nitrogens with one attached hydrogen (secondary N) is 3. The molecule has 3 heterocycles. The van der Waals surface area contributed by atoms with Crippen LogP contribution in [-0.4, -0.2) is 100 Å². The van der Waals surface area contributed by atoms with Gasteiger partial charge in [0, 0.05) is 55.7 Å². The number of alkyl halides is 3. The van der Waals surface area contributed by atoms with Gasteiger partial charge in [0.1, 0.15) is 24.5 Å². The molecular formula is C48H54F4N6O9. The van der Waals surface area contributed by atoms with Crippen LogP contribution in [0.4, 0.5) is 33.7 Å². The predicted molar refractivity (Wildman–Crippen MR) is 235 cm³/mol. The summed E-state index contributed by atoms with van der Waals surface area (Å²) in [4.78, 5) is 105. The van der Waals surface area contributed by atoms with E-state index in [2.05, 4.69) is 16.0 Å². The maximum Gasteiger partial charge on any atom is 0.418 e. The van der Waals surface area contributed by atoms with Crippen molar-refractivity contribution in [2.45, 2.75) is 134 Å². The Morgan fingerprint density at radius 1 is 0.896 bits per heavy atom. The number of unbranched alkanes of at least 4 members (excludes halogenated alkanes) is 8. The quantitative estimate of drug-likeness (QED) is 0.0680. The number of carbonyl (C=O) groups is 8. The Morgan fingerprint density at radius 3 is 2.30 bits per heavy atom. The van der Waals surface area contributed by atoms with Gasteiger partial charge in [0.25, 0.3) is 17.7 Å². The number of piperidine rings is 1. The van der Waals surface area contributed by atoms with Crippen molar-refractivity contribution in [3.8, 4) is 0 Å². The molecular weight excluding hydrogens is 881 g/mol. The van der Waals surface area contributed by atoms with Gasteiger partial charge >= 0.3 is 12.3 Å². The Labute approximate surface area is 384 Å². The van der Waals surface area contributed by atoms with E-state index in [1.54, 1.807) is 36.4 Å². The zero-order valence-electron chi connectivity index (χ0n) is 37.2. The molecule has 0 radical (unpaired) electrons. The van der Waals surface area contributed by atoms with Crippen LogP contribution in [0.3, 0.4) is 0 Å². The summed E-state index contributed by atoms with van der Waals surface area (Å²) in [6.07, 6.45) is 5.97. The molecule has 67 heavy (non-hydrogen) atoms. The fraction of sp³-hybridized carbons (Fsp3) is 0.500. The summed E-state index contributed by atoms with van der Waals surface area (Å²) >= 11 is 0. The van der Waals surface area contributed by atoms with E-state index in [4.69, 9.17) is 4.74 Å². The molecule has 5 aliphatic rings. The van der Waals surface area contributed by atoms with Crippen molar-refractivity contribution in [3.63, 3.8) is 0 Å². The van der Waals surface area contributed by atoms with Crippen molar-refractivity contribution in [1.82, 2.24) is 20.0 Å². The van der Waals surface area contributed by atoms with Crippen molar-refractivity contribution in [2.75, 3.05) is 30.3 Å². The van der Waals surface area contributed by atoms with Crippen LogP contribution in [0.15, 0.2) is 60.0 Å². The van der Waals surface area contributed by atoms with Crippen molar-refractivity contribution in [2.24, 2.45) is 0 Å². The molecule has 0 aromatic heterocycles. The first-order chi connectivity index (χ1) is 32.0. The lowest BCUT2D eigenvalue weighted by molar-refractivity contribution is -0.185. The molecule has 0 saturated carbocycles. The summed E-state index contributed by atoms with van der Waals surface area (Å²) in [5.74, 6) is -4.74. The summed E-state index contributed by atoms with van der Waals surface area (Å²) in [7, 11) is 0. The van der Waals surface area contributed by atoms with Gasteiger partial charge in [-0.25, -0.2) is 14.1 Å². The van der Waals surface area contributed by atoms with E-state index < -0.39 is 84.3 Å². The highest BCUT2D eigenvalue weighted by molar-refractivity contribution is 6.25. The number of fused-ring (bicyclic) bond motifs is 3. The molecule has 2 fully saturated rings. The van der Waals surface area contributed by atoms with Gasteiger partial charge in [0.05, 0.1) is 11.1 Å². The molecule has 2 saturated heterocycles. The molecule has 19 heteroatoms. The molecule has 2 aromatic carbocycles. The Kier molecular flexibility index (Phi) is 14.9. The summed E-state index contributed by atoms with van der Waals surface area (Å²) < 4.78 is 60.6. The number of rotatable bonds is 20. The Bertz CT molecular complexity index is 2400. The molecule has 3 aliphatic heterocycles. The number of hydrogen-bond donors (Lipinski definition) is 3. The molecule has 1 spiro atoms. The van der Waals surface area contributed by atoms with Crippen LogP contribution in [0, 0.1) is 0 Å². The molecule has 0 bridgehead atoms. The molecule has 2 aliphatic carbocycles. The smallest absolute Gasteiger partial charge is 0.418 e. The zero-order valence-corrected chi connectivity index (χ0v) is 37.2. The second-order valence-electron chi connectivity index (χ2n) is 17.7. The minimum absolute atomic E-state index is 0.0117. The first-order valence-electron chi connectivity index (χ1n) is 23.0. The maximum atomic E-state index is 13.8. The lowest BCUT2D eigenvalue weighted by atomic mass is 9.94. The Morgan fingerprint density at radius 2 is 1.61 bits per heavy atom. The van der Waals surface area contributed by atoms with Gasteiger partial charge in [-0.1, -0.05) is 68.7 Å². The molecule has 1 unspecified atom stereocenters. The number of halogens is 4. The number of ether oxygens (including phenoxy) is 1. The number of nitrogens with zero attached hydrogens (tertiary/aromatic N) is 3. The van der Waals surface area contributed by atoms with Crippen molar-refractivity contribution in [1.29, 1.82) is 0 Å². The van der Waals surface area contributed by atoms with Crippen LogP contribution in [0.25, 0.3) is 0 Å². The molecule has 15 nitrogen and oxygen atoms in total. The van der Waals surface area contributed by atoms with Crippen LogP contribution >= 0.6 is 0 Å². The highest BCUT2D eigenvalue weighted by atomic mass is 19.4. The number of hydrogen-bond acceptors (Lipinski definition) is 10. The van der Waals surface area contributed by atoms with Crippen LogP contribution in [0.2, 0.25) is 0 Å². The van der Waals surface area contributed by atoms with Crippen molar-refractivity contribution < 1.29 is 60.7 Å². The van der Waals surface area contributed by atoms with E-state index in [0.29, 0.717) is 63.7 Å². The fourth-order valence-electron chi connectivity index (χ4n) is 9.34. The minimum Gasteiger partial charge on any atom is -0.427 e. The fourth-order valence-corrected chi connectivity index (χ4v) is 9.34. The highest BCUT2D eigenvalue weighted by Gasteiger charge is 2.59. The largest absolute Gasteiger partial charge is 0.427 e. The van der Waals surface area contributed by atoms with Gasteiger partial charge in [-0.05, 0) is 74.9 Å². The third-order valence-electron chi connectivity index (χ3n) is 13.1. The van der Waals surface area contributed by atoms with E-state index in [9.17, 15) is 55.9 Å². The van der Waals surface area contributed by atoms with Gasteiger partial charge in [0.15, 0.2) is 0 Å². The second kappa shape index (κ2) is 20.6. The van der Waals surface area contributed by atoms with Gasteiger partial charge in [-0.2, -0.15) is 13.2 Å². The van der Waals surface area contributed by atoms with E-state index in [1.807, 2.05) is 0 Å². The topological polar surface area (TPSA) is 192 Å². The molecule has 8 amide bonds. The van der Waals surface area contributed by atoms with E-state index >= 15 is 0 Å². The molecule has 3 N–H and O–H groups in total. The molecule has 7 rings (SSSR count). The minimum atomic E-state index is -4.80. The lowest BCUT2D eigenvalue weighted by Gasteiger charge is -2.32. The van der Waals surface area contributed by atoms with Gasteiger partial charge < -0.3 is 20.3 Å². The van der Waals surface area contributed by atoms with E-state index in [0.717, 1.165) is 69.3 Å². The number of amides is 8. The molecule has 358 valence electrons. The number of carbonyl (C=O) groups excluding carboxylic acids is 8. The Hall–Kier alpha value is -6.40. The average Bonchev–Trinajstić information content (AvgIpc) is 3.86. The monoisotopic (exact) mass is 934 g/mol. The third kappa shape index (κ3) is 10.8. The lowest BCUT2D eigenvalue weighted by Crippen LogP contribution is -2.54. The van der Waals surface area contributed by atoms with E-state index in [-0.39, 0.29) is 49.1 Å². The van der Waals surface area contributed by atoms with Crippen LogP contribution < -0.4 is 16.0 Å². The number of benzene rings is 2. The summed E-state index contributed by atoms with van der Waals surface area (Å²) in [6, 6.07) is 6.60. The number of anilines is 2. The molecule has 2 aromatic rings. The predicted octanol–water partition coefficient (Wildman–Crippen LogP) is 7.51. The van der Waals surface area contributed by atoms with Crippen molar-refractivity contribution in [3.05, 3.63) is 82.2 Å². The maximum absolute atomic E-state index is 13.8. The first-order valence-corrected chi connectivity index (χ1v) is 23.0. The molecule has 3 atom stereocenters. The summed E-state index contributed by atoms with van der Waals surface area (Å²) in [6.45, 7) is -0.0143. The SMILES string of the molecule is C[C@H](N(CC1=CC=C(F)CC1)C(=O)CN1C(=O)O[C@@]2(CCc3cc(NC(=O)CCCCCCCCCCCNc4cccc5c4C(=O)N(C4CCC(=O)NC4=O)C5=O)ccc32)C1=O)C(F)(F)F. The normalized spacial score (nSPS) is 20.6. The second-order valence-corrected chi connectivity index (χ2v) is 17.7. The van der Waals surface area contributed by atoms with Crippen LogP contribution in [0.1, 0.15) is 135 Å². The zero-order chi connectivity index (χ0) is 48.0. The first kappa shape index (κ1) is 48.5. The van der Waals surface area contributed by atoms with E-state index in [1.165, 1.54) is 6.08 Å². The van der Waals surface area contributed by atoms with Crippen LogP contribution in [-0.2, 0) is 40.7 Å². The average molecular weight is 935 g/mol. The third-order valence-corrected chi connectivity index (χ3v) is 13.1. The van der Waals surface area contributed by atoms with Crippen molar-refractivity contribution >= 4 is 58.8 Å². The Balaban J connectivity index is 0.784. The standard InChI is InChI=1S/C48H54F4N6O9/c1-29(48(50,51)52)56(27-30-15-17-32(49)18-16-30)40(61)28-57-45(65)47(67-46(57)66)24-23-31-26-33(19-20-35(31)47)54-38(59)14-9-7-5-3-2-4-6-8-10-25-53-36-13-11-12-34-41(36)44(64)58(43(34)63)37-21-22-39(60)55-42(37)62/h11-13,15,17,19-20,26,29,37,53H,2-10,14,16,18,21-25,27-28H2,1H3,(H,54,59)(H,55,60,62)/t29-,37?,47+/m0/s1. The van der Waals surface area contributed by atoms with Gasteiger partial charge in [-0.15, -0.1) is 0 Å².